The van der Waals surface area contributed by atoms with Gasteiger partial charge < -0.3 is 135 Å². The molecule has 0 radical (unpaired) electrons. The molecule has 22 atom stereocenters. The first kappa shape index (κ1) is 121. The monoisotopic (exact) mass is 2090 g/mol. The summed E-state index contributed by atoms with van der Waals surface area (Å²) in [4.78, 5) is 291. The van der Waals surface area contributed by atoms with Crippen molar-refractivity contribution in [3.63, 3.8) is 0 Å². The Labute approximate surface area is 846 Å². The van der Waals surface area contributed by atoms with Crippen LogP contribution in [0.3, 0.4) is 0 Å². The van der Waals surface area contributed by atoms with E-state index in [4.69, 9.17) is 104 Å². The van der Waals surface area contributed by atoms with E-state index < -0.39 is 318 Å². The molecule has 2 aliphatic rings. The minimum atomic E-state index is -2.34. The number of carbonyl (C=O) groups excluding carboxylic acids is 22. The molecule has 0 aliphatic carbocycles. The number of amides is 4. The second-order valence-corrected chi connectivity index (χ2v) is 32.9. The molecule has 806 valence electrons. The Bertz CT molecular complexity index is 5070. The number of benzene rings is 4. The van der Waals surface area contributed by atoms with Crippen molar-refractivity contribution in [2.75, 3.05) is 39.5 Å². The number of nitrogens with one attached hydrogen (secondary N) is 2. The number of ether oxygens (including phenoxy) is 22. The van der Waals surface area contributed by atoms with Crippen LogP contribution in [0.1, 0.15) is 147 Å². The number of hydrogen-bond donors (Lipinski definition) is 4. The van der Waals surface area contributed by atoms with Gasteiger partial charge in [0, 0.05) is 163 Å². The van der Waals surface area contributed by atoms with E-state index in [1.54, 1.807) is 60.7 Å². The van der Waals surface area contributed by atoms with Gasteiger partial charge in [-0.15, -0.1) is 0 Å². The van der Waals surface area contributed by atoms with Crippen LogP contribution in [0.25, 0.3) is 12.2 Å². The van der Waals surface area contributed by atoms with Gasteiger partial charge in [0.25, 0.3) is 11.8 Å². The van der Waals surface area contributed by atoms with Crippen LogP contribution in [0.4, 0.5) is 0 Å². The predicted molar refractivity (Wildman–Crippen MR) is 493 cm³/mol. The molecule has 2 saturated heterocycles. The molecule has 50 nitrogen and oxygen atoms in total. The van der Waals surface area contributed by atoms with Gasteiger partial charge in [-0.05, 0) is 58.7 Å². The van der Waals surface area contributed by atoms with E-state index in [1.165, 1.54) is 60.7 Å². The zero-order chi connectivity index (χ0) is 110. The number of carbonyl (C=O) groups is 22. The number of rotatable bonds is 51. The number of aliphatic hydroxyl groups is 2. The van der Waals surface area contributed by atoms with E-state index in [0.29, 0.717) is 11.1 Å². The summed E-state index contributed by atoms with van der Waals surface area (Å²) in [6.45, 7) is 10.8. The first-order valence-corrected chi connectivity index (χ1v) is 45.4. The van der Waals surface area contributed by atoms with Crippen LogP contribution < -0.4 is 20.1 Å². The summed E-state index contributed by atoms with van der Waals surface area (Å²) in [5.41, 5.74) is 1.36. The zero-order valence-electron chi connectivity index (χ0n) is 83.8. The molecule has 4 aromatic rings. The fraction of sp³-hybridized carbons (Fsp3) is 0.490. The van der Waals surface area contributed by atoms with Crippen LogP contribution in [-0.2, 0) is 213 Å². The van der Waals surface area contributed by atoms with Gasteiger partial charge in [0.1, 0.15) is 62.2 Å². The van der Waals surface area contributed by atoms with E-state index in [0.717, 1.165) is 147 Å². The minimum Gasteiger partial charge on any atom is -0.490 e. The second kappa shape index (κ2) is 58.9. The molecule has 4 aromatic carbocycles. The van der Waals surface area contributed by atoms with Gasteiger partial charge in [-0.2, -0.15) is 0 Å². The standard InChI is InChI=1S/C98H118N4O46/c1-49(103)127-45-75(131-51(3)105)87(139-59(11)113)91(143-63(15)117)93(145-65(17)119)95(123)99-41-73-83(135-55(7)109)89(141-61(13)115)81(97(125)147-73)101(43-69-25-21-19-22-26-69)79(121)39-33-67-29-35-71(36-30-67)129-47-77(133-53(5)107)85(137-57(9)111)86(138-58(10)112)78(134-54(6)108)48-130-72-37-31-68(32-38-72)34-40-80(122)102(44-70-27-23-20-24-28-70)82-90(142-62(14)116)84(136-56(8)110)74(148-98(82)126)42-100-96(124)94(146-66(18)120)92(144-64(16)118)88(140-60(12)114)76(132-52(4)106)46-128-50(2)104/h19-40,73-78,81-94,97-98,125-126H,41-48H2,1-18H3,(H,99,123)(H,100,124)/b39-33+,40-34+/t73-,74-,75-,76-,77-,78+,81+,82+,83-,84-,85+,86-,87-,88-,89-,90-,91+,92+,93-,94-,97+,98+/m1/s1. The molecule has 0 bridgehead atoms. The van der Waals surface area contributed by atoms with Gasteiger partial charge in [0.15, 0.2) is 98.0 Å². The van der Waals surface area contributed by atoms with Crippen LogP contribution >= 0.6 is 0 Å². The SMILES string of the molecule is CC(=O)OC[C@@H](OC(C)=O)[C@@H](OC(C)=O)[C@H](OC(C)=O)[C@@H](OC(C)=O)C(=O)NC[C@H]1O[C@H](O)[C@@H](N(Cc2ccccc2)C(=O)/C=C/c2ccc(OC[C@H](OC(C)=O)[C@@H](OC(C)=O)[C@@H](OC(C)=O)[C@@H](COc3ccc(/C=C/C(=O)N(Cc4ccccc4)[C@H]4[C@@H](OC(C)=O)[C@H](OC(C)=O)[C@@H](CNC(=O)[C@H](OC(C)=O)[C@@H](OC(C)=O)[C@H](OC(C)=O)[C@@H](COC(C)=O)OC(C)=O)O[C@@H]4O)cc3)OC(C)=O)cc2)[C@@H](OC(C)=O)[C@@H]1OC(C)=O. The fourth-order valence-corrected chi connectivity index (χ4v) is 15.3. The van der Waals surface area contributed by atoms with Crippen molar-refractivity contribution >= 4 is 143 Å². The molecule has 2 heterocycles. The fourth-order valence-electron chi connectivity index (χ4n) is 15.3. The molecule has 2 aliphatic heterocycles. The van der Waals surface area contributed by atoms with Crippen molar-refractivity contribution in [1.29, 1.82) is 0 Å². The van der Waals surface area contributed by atoms with Gasteiger partial charge >= 0.3 is 107 Å². The largest absolute Gasteiger partial charge is 0.490 e. The molecule has 2 fully saturated rings. The van der Waals surface area contributed by atoms with Crippen LogP contribution in [0.2, 0.25) is 0 Å². The number of hydrogen-bond acceptors (Lipinski definition) is 46. The van der Waals surface area contributed by atoms with E-state index >= 15 is 0 Å². The molecule has 50 heteroatoms. The van der Waals surface area contributed by atoms with Crippen LogP contribution in [-0.4, -0.2) is 325 Å². The average molecular weight is 2090 g/mol. The summed E-state index contributed by atoms with van der Waals surface area (Å²) in [6, 6.07) is 23.8. The quantitative estimate of drug-likeness (QED) is 0.0277. The third-order valence-corrected chi connectivity index (χ3v) is 20.7. The maximum atomic E-state index is 14.9. The highest BCUT2D eigenvalue weighted by atomic mass is 16.7. The highest BCUT2D eigenvalue weighted by Crippen LogP contribution is 2.35. The van der Waals surface area contributed by atoms with Gasteiger partial charge in [-0.3, -0.25) is 105 Å². The van der Waals surface area contributed by atoms with E-state index in [9.17, 15) is 116 Å². The molecule has 4 N–H and O–H groups in total. The van der Waals surface area contributed by atoms with Gasteiger partial charge in [-0.1, -0.05) is 84.9 Å². The third kappa shape index (κ3) is 40.3. The lowest BCUT2D eigenvalue weighted by Gasteiger charge is -2.47. The minimum absolute atomic E-state index is 0.00879. The maximum Gasteiger partial charge on any atom is 0.303 e. The summed E-state index contributed by atoms with van der Waals surface area (Å²) in [5.74, 6) is -23.9. The van der Waals surface area contributed by atoms with E-state index in [1.807, 2.05) is 0 Å². The third-order valence-electron chi connectivity index (χ3n) is 20.7. The van der Waals surface area contributed by atoms with Crippen molar-refractivity contribution in [2.24, 2.45) is 0 Å². The smallest absolute Gasteiger partial charge is 0.303 e. The maximum absolute atomic E-state index is 14.9. The highest BCUT2D eigenvalue weighted by molar-refractivity contribution is 5.93. The van der Waals surface area contributed by atoms with Crippen LogP contribution in [0, 0.1) is 0 Å². The topological polar surface area (TPSA) is 650 Å². The lowest BCUT2D eigenvalue weighted by Crippen LogP contribution is -2.67. The first-order chi connectivity index (χ1) is 69.7. The molecular weight excluding hydrogens is 1970 g/mol. The molecule has 0 saturated carbocycles. The molecule has 0 spiro atoms. The first-order valence-electron chi connectivity index (χ1n) is 45.4. The van der Waals surface area contributed by atoms with Crippen molar-refractivity contribution in [3.05, 3.63) is 144 Å². The Kier molecular flexibility index (Phi) is 48.1. The van der Waals surface area contributed by atoms with E-state index in [2.05, 4.69) is 10.6 Å². The number of esters is 18. The number of nitrogens with zero attached hydrogens (tertiary/aromatic N) is 2. The van der Waals surface area contributed by atoms with Crippen molar-refractivity contribution < 1.29 is 220 Å². The van der Waals surface area contributed by atoms with Gasteiger partial charge in [0.05, 0.1) is 0 Å². The summed E-state index contributed by atoms with van der Waals surface area (Å²) >= 11 is 0. The molecule has 6 rings (SSSR count). The molecule has 4 amide bonds. The number of aliphatic hydroxyl groups excluding tert-OH is 2. The Hall–Kier alpha value is -15.9. The zero-order valence-corrected chi connectivity index (χ0v) is 83.8. The van der Waals surface area contributed by atoms with Crippen molar-refractivity contribution in [1.82, 2.24) is 20.4 Å². The lowest BCUT2D eigenvalue weighted by molar-refractivity contribution is -0.272. The second-order valence-electron chi connectivity index (χ2n) is 32.9. The summed E-state index contributed by atoms with van der Waals surface area (Å²) in [6.07, 6.45) is -34.9. The van der Waals surface area contributed by atoms with Gasteiger partial charge in [0.2, 0.25) is 24.0 Å². The molecular formula is C98H118N4O46. The molecule has 0 aromatic heterocycles. The highest BCUT2D eigenvalue weighted by Gasteiger charge is 2.57. The Balaban J connectivity index is 1.26. The Morgan fingerprint density at radius 3 is 0.804 bits per heavy atom. The van der Waals surface area contributed by atoms with Crippen LogP contribution in [0.5, 0.6) is 11.5 Å². The molecule has 0 unspecified atom stereocenters. The van der Waals surface area contributed by atoms with Crippen molar-refractivity contribution in [2.45, 2.75) is 272 Å². The van der Waals surface area contributed by atoms with Gasteiger partial charge in [-0.25, -0.2) is 0 Å². The van der Waals surface area contributed by atoms with E-state index in [-0.39, 0.29) is 22.6 Å². The normalized spacial score (nSPS) is 19.6. The van der Waals surface area contributed by atoms with Crippen molar-refractivity contribution in [3.8, 4) is 11.5 Å². The lowest BCUT2D eigenvalue weighted by atomic mass is 9.93. The Morgan fingerprint density at radius 2 is 0.547 bits per heavy atom. The Morgan fingerprint density at radius 1 is 0.297 bits per heavy atom. The summed E-state index contributed by atoms with van der Waals surface area (Å²) in [7, 11) is 0. The van der Waals surface area contributed by atoms with Crippen LogP contribution in [0.15, 0.2) is 121 Å². The summed E-state index contributed by atoms with van der Waals surface area (Å²) < 4.78 is 123. The summed E-state index contributed by atoms with van der Waals surface area (Å²) in [5, 5.41) is 29.1. The predicted octanol–water partition coefficient (Wildman–Crippen LogP) is 1.67. The average Bonchev–Trinajstić information content (AvgIpc) is 0.770. The molecule has 148 heavy (non-hydrogen) atoms.